The van der Waals surface area contributed by atoms with Crippen LogP contribution in [0.3, 0.4) is 0 Å². The summed E-state index contributed by atoms with van der Waals surface area (Å²) < 4.78 is 5.52. The molecular weight excluding hydrogens is 246 g/mol. The fraction of sp³-hybridized carbons (Fsp3) is 0.0556. The van der Waals surface area contributed by atoms with Crippen molar-refractivity contribution in [2.24, 2.45) is 0 Å². The zero-order valence-corrected chi connectivity index (χ0v) is 11.1. The van der Waals surface area contributed by atoms with E-state index in [-0.39, 0.29) is 0 Å². The van der Waals surface area contributed by atoms with E-state index in [1.54, 1.807) is 0 Å². The molecule has 0 saturated heterocycles. The molecule has 4 rings (SSSR count). The molecule has 3 aromatic carbocycles. The van der Waals surface area contributed by atoms with Crippen molar-refractivity contribution in [3.63, 3.8) is 0 Å². The maximum atomic E-state index is 5.52. The van der Waals surface area contributed by atoms with Gasteiger partial charge in [-0.1, -0.05) is 59.8 Å². The van der Waals surface area contributed by atoms with Crippen LogP contribution in [0, 0.1) is 6.92 Å². The van der Waals surface area contributed by atoms with Gasteiger partial charge in [-0.05, 0) is 29.3 Å². The van der Waals surface area contributed by atoms with Gasteiger partial charge in [-0.25, -0.2) is 0 Å². The highest BCUT2D eigenvalue weighted by atomic mass is 16.5. The van der Waals surface area contributed by atoms with Crippen LogP contribution in [-0.2, 0) is 0 Å². The molecule has 0 aliphatic heterocycles. The Morgan fingerprint density at radius 1 is 0.850 bits per heavy atom. The smallest absolute Gasteiger partial charge is 0.168 e. The molecule has 0 aliphatic rings. The van der Waals surface area contributed by atoms with Crippen molar-refractivity contribution in [1.29, 1.82) is 0 Å². The number of aromatic nitrogens is 1. The zero-order valence-electron chi connectivity index (χ0n) is 11.1. The molecule has 0 bridgehead atoms. The molecular formula is C18H13NO. The van der Waals surface area contributed by atoms with Gasteiger partial charge in [0, 0.05) is 5.56 Å². The molecule has 0 radical (unpaired) electrons. The molecule has 0 unspecified atom stereocenters. The van der Waals surface area contributed by atoms with Crippen molar-refractivity contribution in [3.8, 4) is 11.3 Å². The summed E-state index contributed by atoms with van der Waals surface area (Å²) in [7, 11) is 0. The van der Waals surface area contributed by atoms with Crippen molar-refractivity contribution in [2.45, 2.75) is 6.92 Å². The van der Waals surface area contributed by atoms with Crippen LogP contribution in [0.1, 0.15) is 5.56 Å². The van der Waals surface area contributed by atoms with Crippen molar-refractivity contribution in [3.05, 3.63) is 66.2 Å². The highest BCUT2D eigenvalue weighted by Crippen LogP contribution is 2.34. The molecule has 0 N–H and O–H groups in total. The predicted molar refractivity (Wildman–Crippen MR) is 81.7 cm³/mol. The monoisotopic (exact) mass is 259 g/mol. The minimum atomic E-state index is 0.835. The number of benzene rings is 3. The van der Waals surface area contributed by atoms with Crippen molar-refractivity contribution in [2.75, 3.05) is 0 Å². The fourth-order valence-corrected chi connectivity index (χ4v) is 2.73. The lowest BCUT2D eigenvalue weighted by Gasteiger charge is -2.03. The molecule has 96 valence electrons. The second kappa shape index (κ2) is 4.20. The van der Waals surface area contributed by atoms with Gasteiger partial charge in [-0.3, -0.25) is 0 Å². The summed E-state index contributed by atoms with van der Waals surface area (Å²) in [5.74, 6) is 0. The van der Waals surface area contributed by atoms with E-state index in [4.69, 9.17) is 4.52 Å². The summed E-state index contributed by atoms with van der Waals surface area (Å²) in [4.78, 5) is 0. The average molecular weight is 259 g/mol. The summed E-state index contributed by atoms with van der Waals surface area (Å²) in [6, 6.07) is 20.7. The summed E-state index contributed by atoms with van der Waals surface area (Å²) >= 11 is 0. The summed E-state index contributed by atoms with van der Waals surface area (Å²) in [6.07, 6.45) is 0. The fourth-order valence-electron chi connectivity index (χ4n) is 2.73. The molecule has 4 aromatic rings. The van der Waals surface area contributed by atoms with Crippen molar-refractivity contribution < 1.29 is 4.52 Å². The largest absolute Gasteiger partial charge is 0.356 e. The molecule has 20 heavy (non-hydrogen) atoms. The Morgan fingerprint density at radius 2 is 1.65 bits per heavy atom. The van der Waals surface area contributed by atoms with Crippen LogP contribution in [0.2, 0.25) is 0 Å². The first-order valence-corrected chi connectivity index (χ1v) is 6.68. The van der Waals surface area contributed by atoms with Gasteiger partial charge in [-0.15, -0.1) is 0 Å². The summed E-state index contributed by atoms with van der Waals surface area (Å²) in [5.41, 5.74) is 4.09. The SMILES string of the molecule is Cc1ccccc1-c1noc2ccc3ccccc3c12. The van der Waals surface area contributed by atoms with Crippen LogP contribution in [0.25, 0.3) is 33.0 Å². The molecule has 1 heterocycles. The van der Waals surface area contributed by atoms with Gasteiger partial charge in [-0.2, -0.15) is 0 Å². The molecule has 1 aromatic heterocycles. The number of nitrogens with zero attached hydrogens (tertiary/aromatic N) is 1. The third-order valence-corrected chi connectivity index (χ3v) is 3.76. The Labute approximate surface area is 116 Å². The van der Waals surface area contributed by atoms with Gasteiger partial charge in [0.1, 0.15) is 5.69 Å². The standard InChI is InChI=1S/C18H13NO/c1-12-6-2-4-8-14(12)18-17-15-9-5-3-7-13(15)10-11-16(17)20-19-18/h2-11H,1H3. The lowest BCUT2D eigenvalue weighted by atomic mass is 9.99. The number of rotatable bonds is 1. The van der Waals surface area contributed by atoms with Gasteiger partial charge in [0.25, 0.3) is 0 Å². The van der Waals surface area contributed by atoms with Crippen LogP contribution >= 0.6 is 0 Å². The molecule has 0 atom stereocenters. The van der Waals surface area contributed by atoms with Crippen LogP contribution in [0.15, 0.2) is 65.2 Å². The zero-order chi connectivity index (χ0) is 13.5. The van der Waals surface area contributed by atoms with Gasteiger partial charge in [0.15, 0.2) is 5.58 Å². The Kier molecular flexibility index (Phi) is 2.36. The predicted octanol–water partition coefficient (Wildman–Crippen LogP) is 4.96. The van der Waals surface area contributed by atoms with Crippen LogP contribution in [0.4, 0.5) is 0 Å². The molecule has 2 heteroatoms. The average Bonchev–Trinajstić information content (AvgIpc) is 2.92. The number of hydrogen-bond donors (Lipinski definition) is 0. The van der Waals surface area contributed by atoms with E-state index in [9.17, 15) is 0 Å². The van der Waals surface area contributed by atoms with Crippen LogP contribution in [0.5, 0.6) is 0 Å². The number of aryl methyl sites for hydroxylation is 1. The minimum absolute atomic E-state index is 0.835. The van der Waals surface area contributed by atoms with E-state index in [1.807, 2.05) is 18.2 Å². The topological polar surface area (TPSA) is 26.0 Å². The van der Waals surface area contributed by atoms with Crippen LogP contribution < -0.4 is 0 Å². The van der Waals surface area contributed by atoms with E-state index < -0.39 is 0 Å². The molecule has 2 nitrogen and oxygen atoms in total. The Hall–Kier alpha value is -2.61. The quantitative estimate of drug-likeness (QED) is 0.483. The van der Waals surface area contributed by atoms with E-state index >= 15 is 0 Å². The van der Waals surface area contributed by atoms with Gasteiger partial charge >= 0.3 is 0 Å². The molecule has 0 saturated carbocycles. The molecule has 0 aliphatic carbocycles. The molecule has 0 amide bonds. The van der Waals surface area contributed by atoms with Gasteiger partial charge in [0.2, 0.25) is 0 Å². The minimum Gasteiger partial charge on any atom is -0.356 e. The van der Waals surface area contributed by atoms with Crippen molar-refractivity contribution >= 4 is 21.7 Å². The maximum absolute atomic E-state index is 5.52. The highest BCUT2D eigenvalue weighted by Gasteiger charge is 2.14. The van der Waals surface area contributed by atoms with E-state index in [1.165, 1.54) is 16.3 Å². The summed E-state index contributed by atoms with van der Waals surface area (Å²) in [5, 5.41) is 7.79. The highest BCUT2D eigenvalue weighted by molar-refractivity contribution is 6.11. The Morgan fingerprint density at radius 3 is 2.55 bits per heavy atom. The Bertz CT molecular complexity index is 921. The first kappa shape index (κ1) is 11.2. The lowest BCUT2D eigenvalue weighted by Crippen LogP contribution is -1.84. The molecule has 0 spiro atoms. The summed E-state index contributed by atoms with van der Waals surface area (Å²) in [6.45, 7) is 2.10. The number of fused-ring (bicyclic) bond motifs is 3. The van der Waals surface area contributed by atoms with E-state index in [0.29, 0.717) is 0 Å². The van der Waals surface area contributed by atoms with E-state index in [2.05, 4.69) is 54.5 Å². The van der Waals surface area contributed by atoms with Gasteiger partial charge in [0.05, 0.1) is 5.39 Å². The molecule has 0 fully saturated rings. The third kappa shape index (κ3) is 1.55. The second-order valence-electron chi connectivity index (χ2n) is 5.01. The maximum Gasteiger partial charge on any atom is 0.168 e. The first-order chi connectivity index (χ1) is 9.84. The van der Waals surface area contributed by atoms with Crippen LogP contribution in [-0.4, -0.2) is 5.16 Å². The number of hydrogen-bond acceptors (Lipinski definition) is 2. The Balaban J connectivity index is 2.16. The lowest BCUT2D eigenvalue weighted by molar-refractivity contribution is 0.459. The normalized spacial score (nSPS) is 11.2. The third-order valence-electron chi connectivity index (χ3n) is 3.76. The van der Waals surface area contributed by atoms with Crippen molar-refractivity contribution in [1.82, 2.24) is 5.16 Å². The first-order valence-electron chi connectivity index (χ1n) is 6.68. The second-order valence-corrected chi connectivity index (χ2v) is 5.01. The van der Waals surface area contributed by atoms with E-state index in [0.717, 1.165) is 22.2 Å². The van der Waals surface area contributed by atoms with Gasteiger partial charge < -0.3 is 4.52 Å².